The topological polar surface area (TPSA) is 54.0 Å². The van der Waals surface area contributed by atoms with Gasteiger partial charge in [0.2, 0.25) is 0 Å². The molecule has 144 valence electrons. The van der Waals surface area contributed by atoms with E-state index in [-0.39, 0.29) is 5.97 Å². The van der Waals surface area contributed by atoms with E-state index in [0.29, 0.717) is 52.5 Å². The summed E-state index contributed by atoms with van der Waals surface area (Å²) in [5, 5.41) is 0. The summed E-state index contributed by atoms with van der Waals surface area (Å²) in [5.74, 6) is -0.123. The summed E-state index contributed by atoms with van der Waals surface area (Å²) < 4.78 is 21.5. The van der Waals surface area contributed by atoms with Crippen LogP contribution in [0.25, 0.3) is 0 Å². The first-order valence-corrected chi connectivity index (χ1v) is 9.70. The van der Waals surface area contributed by atoms with Crippen LogP contribution in [-0.2, 0) is 23.7 Å². The number of carbonyl (C=O) groups is 1. The van der Waals surface area contributed by atoms with Gasteiger partial charge in [-0.2, -0.15) is 0 Å². The zero-order chi connectivity index (χ0) is 17.7. The van der Waals surface area contributed by atoms with Gasteiger partial charge in [-0.15, -0.1) is 0 Å². The minimum atomic E-state index is -0.123. The number of esters is 1. The van der Waals surface area contributed by atoms with Crippen molar-refractivity contribution in [2.75, 3.05) is 46.2 Å². The first-order valence-electron chi connectivity index (χ1n) is 9.70. The van der Waals surface area contributed by atoms with E-state index >= 15 is 0 Å². The Balaban J connectivity index is 3.08. The van der Waals surface area contributed by atoms with Gasteiger partial charge in [0.1, 0.15) is 0 Å². The molecule has 24 heavy (non-hydrogen) atoms. The van der Waals surface area contributed by atoms with Crippen LogP contribution in [-0.4, -0.2) is 52.2 Å². The van der Waals surface area contributed by atoms with Crippen LogP contribution >= 0.6 is 0 Å². The van der Waals surface area contributed by atoms with Crippen molar-refractivity contribution in [3.05, 3.63) is 0 Å². The van der Waals surface area contributed by atoms with E-state index in [2.05, 4.69) is 13.8 Å². The van der Waals surface area contributed by atoms with Gasteiger partial charge in [-0.1, -0.05) is 46.0 Å². The number of ether oxygens (including phenoxy) is 4. The third kappa shape index (κ3) is 19.4. The largest absolute Gasteiger partial charge is 0.466 e. The van der Waals surface area contributed by atoms with Crippen molar-refractivity contribution >= 4 is 5.97 Å². The second-order valence-corrected chi connectivity index (χ2v) is 5.93. The molecule has 0 rings (SSSR count). The SMILES string of the molecule is CCCCCCOCCOCCOCCCC(=O)OCCCCC. The number of rotatable bonds is 19. The highest BCUT2D eigenvalue weighted by Crippen LogP contribution is 1.99. The molecule has 0 aliphatic carbocycles. The third-order valence-corrected chi connectivity index (χ3v) is 3.57. The van der Waals surface area contributed by atoms with Gasteiger partial charge in [-0.25, -0.2) is 0 Å². The van der Waals surface area contributed by atoms with Gasteiger partial charge in [0.25, 0.3) is 0 Å². The predicted octanol–water partition coefficient (Wildman–Crippen LogP) is 4.13. The lowest BCUT2D eigenvalue weighted by Gasteiger charge is -2.07. The van der Waals surface area contributed by atoms with E-state index in [1.165, 1.54) is 19.3 Å². The van der Waals surface area contributed by atoms with E-state index in [0.717, 1.165) is 32.3 Å². The molecule has 0 aliphatic heterocycles. The summed E-state index contributed by atoms with van der Waals surface area (Å²) in [4.78, 5) is 11.4. The standard InChI is InChI=1S/C19H38O5/c1-3-5-7-9-12-21-15-17-23-18-16-22-13-10-11-19(20)24-14-8-6-4-2/h3-18H2,1-2H3. The molecule has 0 unspecified atom stereocenters. The number of carbonyl (C=O) groups excluding carboxylic acids is 1. The van der Waals surface area contributed by atoms with Gasteiger partial charge in [0.15, 0.2) is 0 Å². The maximum absolute atomic E-state index is 11.4. The van der Waals surface area contributed by atoms with Crippen LogP contribution in [0.3, 0.4) is 0 Å². The minimum absolute atomic E-state index is 0.123. The van der Waals surface area contributed by atoms with Crippen LogP contribution in [0.2, 0.25) is 0 Å². The maximum Gasteiger partial charge on any atom is 0.305 e. The molecule has 5 heteroatoms. The molecule has 0 N–H and O–H groups in total. The lowest BCUT2D eigenvalue weighted by Crippen LogP contribution is -2.11. The Labute approximate surface area is 148 Å². The summed E-state index contributed by atoms with van der Waals surface area (Å²) in [6.07, 6.45) is 9.26. The average Bonchev–Trinajstić information content (AvgIpc) is 2.59. The van der Waals surface area contributed by atoms with Gasteiger partial charge in [-0.05, 0) is 19.3 Å². The Morgan fingerprint density at radius 1 is 0.583 bits per heavy atom. The monoisotopic (exact) mass is 346 g/mol. The molecule has 0 fully saturated rings. The number of unbranched alkanes of at least 4 members (excludes halogenated alkanes) is 5. The van der Waals surface area contributed by atoms with Crippen molar-refractivity contribution in [3.8, 4) is 0 Å². The fraction of sp³-hybridized carbons (Fsp3) is 0.947. The van der Waals surface area contributed by atoms with E-state index in [1.54, 1.807) is 0 Å². The van der Waals surface area contributed by atoms with Gasteiger partial charge >= 0.3 is 5.97 Å². The van der Waals surface area contributed by atoms with Gasteiger partial charge < -0.3 is 18.9 Å². The molecule has 0 spiro atoms. The Bertz CT molecular complexity index is 258. The second-order valence-electron chi connectivity index (χ2n) is 5.93. The van der Waals surface area contributed by atoms with Crippen molar-refractivity contribution in [1.29, 1.82) is 0 Å². The summed E-state index contributed by atoms with van der Waals surface area (Å²) in [6.45, 7) is 8.67. The molecule has 0 aromatic rings. The van der Waals surface area contributed by atoms with Crippen LogP contribution in [0.5, 0.6) is 0 Å². The summed E-state index contributed by atoms with van der Waals surface area (Å²) in [7, 11) is 0. The lowest BCUT2D eigenvalue weighted by atomic mass is 10.2. The van der Waals surface area contributed by atoms with Crippen LogP contribution < -0.4 is 0 Å². The first kappa shape index (κ1) is 23.4. The molecule has 0 aromatic heterocycles. The fourth-order valence-electron chi connectivity index (χ4n) is 2.10. The summed E-state index contributed by atoms with van der Waals surface area (Å²) in [5.41, 5.74) is 0. The quantitative estimate of drug-likeness (QED) is 0.260. The van der Waals surface area contributed by atoms with Gasteiger partial charge in [-0.3, -0.25) is 4.79 Å². The van der Waals surface area contributed by atoms with Crippen LogP contribution in [0, 0.1) is 0 Å². The van der Waals surface area contributed by atoms with Crippen LogP contribution in [0.4, 0.5) is 0 Å². The second kappa shape index (κ2) is 20.4. The summed E-state index contributed by atoms with van der Waals surface area (Å²) in [6, 6.07) is 0. The first-order chi connectivity index (χ1) is 11.8. The molecular weight excluding hydrogens is 308 g/mol. The molecule has 0 amide bonds. The highest BCUT2D eigenvalue weighted by Gasteiger charge is 2.02. The van der Waals surface area contributed by atoms with E-state index in [1.807, 2.05) is 0 Å². The summed E-state index contributed by atoms with van der Waals surface area (Å²) >= 11 is 0. The van der Waals surface area contributed by atoms with Gasteiger partial charge in [0, 0.05) is 19.6 Å². The molecule has 0 radical (unpaired) electrons. The van der Waals surface area contributed by atoms with E-state index in [4.69, 9.17) is 18.9 Å². The van der Waals surface area contributed by atoms with E-state index < -0.39 is 0 Å². The molecule has 0 aromatic carbocycles. The third-order valence-electron chi connectivity index (χ3n) is 3.57. The normalized spacial score (nSPS) is 10.9. The van der Waals surface area contributed by atoms with Crippen molar-refractivity contribution < 1.29 is 23.7 Å². The highest BCUT2D eigenvalue weighted by molar-refractivity contribution is 5.69. The zero-order valence-corrected chi connectivity index (χ0v) is 15.9. The Morgan fingerprint density at radius 3 is 1.71 bits per heavy atom. The molecule has 0 saturated heterocycles. The molecule has 5 nitrogen and oxygen atoms in total. The fourth-order valence-corrected chi connectivity index (χ4v) is 2.10. The highest BCUT2D eigenvalue weighted by atomic mass is 16.5. The number of hydrogen-bond acceptors (Lipinski definition) is 5. The van der Waals surface area contributed by atoms with Crippen LogP contribution in [0.15, 0.2) is 0 Å². The molecule has 0 saturated carbocycles. The molecule has 0 aliphatic rings. The molecular formula is C19H38O5. The smallest absolute Gasteiger partial charge is 0.305 e. The molecule has 0 heterocycles. The van der Waals surface area contributed by atoms with Crippen molar-refractivity contribution in [2.24, 2.45) is 0 Å². The molecule has 0 atom stereocenters. The number of hydrogen-bond donors (Lipinski definition) is 0. The van der Waals surface area contributed by atoms with Gasteiger partial charge in [0.05, 0.1) is 33.0 Å². The molecule has 0 bridgehead atoms. The van der Waals surface area contributed by atoms with Crippen LogP contribution in [0.1, 0.15) is 71.6 Å². The maximum atomic E-state index is 11.4. The van der Waals surface area contributed by atoms with Crippen molar-refractivity contribution in [3.63, 3.8) is 0 Å². The van der Waals surface area contributed by atoms with Crippen molar-refractivity contribution in [2.45, 2.75) is 71.6 Å². The lowest BCUT2D eigenvalue weighted by molar-refractivity contribution is -0.144. The average molecular weight is 347 g/mol. The Kier molecular flexibility index (Phi) is 19.8. The zero-order valence-electron chi connectivity index (χ0n) is 15.9. The Morgan fingerprint density at radius 2 is 1.08 bits per heavy atom. The van der Waals surface area contributed by atoms with E-state index in [9.17, 15) is 4.79 Å². The minimum Gasteiger partial charge on any atom is -0.466 e. The van der Waals surface area contributed by atoms with Crippen molar-refractivity contribution in [1.82, 2.24) is 0 Å². The predicted molar refractivity (Wildman–Crippen MR) is 96.3 cm³/mol. The Hall–Kier alpha value is -0.650.